The van der Waals surface area contributed by atoms with E-state index in [4.69, 9.17) is 0 Å². The molecule has 0 bridgehead atoms. The van der Waals surface area contributed by atoms with Gasteiger partial charge >= 0.3 is 0 Å². The van der Waals surface area contributed by atoms with Gasteiger partial charge in [0.1, 0.15) is 5.82 Å². The van der Waals surface area contributed by atoms with Crippen molar-refractivity contribution in [3.63, 3.8) is 0 Å². The normalized spacial score (nSPS) is 15.6. The highest BCUT2D eigenvalue weighted by Crippen LogP contribution is 2.23. The van der Waals surface area contributed by atoms with E-state index in [1.165, 1.54) is 5.56 Å². The van der Waals surface area contributed by atoms with Crippen molar-refractivity contribution in [2.75, 3.05) is 33.2 Å². The first-order valence-electron chi connectivity index (χ1n) is 10.1. The number of nitrogens with one attached hydrogen (secondary N) is 2. The van der Waals surface area contributed by atoms with Crippen molar-refractivity contribution in [1.82, 2.24) is 34.9 Å². The topological polar surface area (TPSA) is 93.8 Å². The lowest BCUT2D eigenvalue weighted by Gasteiger charge is -2.32. The van der Waals surface area contributed by atoms with Gasteiger partial charge in [0.2, 0.25) is 0 Å². The SMILES string of the molecule is CN1CCN(Cc2ccc3nc(-c4cc(-c5ccncc5)n[nH]c4=O)[nH]c3c2)CC1. The van der Waals surface area contributed by atoms with Gasteiger partial charge in [-0.25, -0.2) is 10.1 Å². The monoisotopic (exact) mass is 401 g/mol. The van der Waals surface area contributed by atoms with Gasteiger partial charge in [-0.15, -0.1) is 0 Å². The molecule has 1 saturated heterocycles. The van der Waals surface area contributed by atoms with E-state index < -0.39 is 0 Å². The first-order valence-corrected chi connectivity index (χ1v) is 10.1. The zero-order valence-corrected chi connectivity index (χ0v) is 16.8. The quantitative estimate of drug-likeness (QED) is 0.544. The predicted octanol–water partition coefficient (Wildman–Crippen LogP) is 2.12. The van der Waals surface area contributed by atoms with Gasteiger partial charge in [-0.3, -0.25) is 14.7 Å². The molecule has 0 atom stereocenters. The van der Waals surface area contributed by atoms with Crippen LogP contribution in [0.25, 0.3) is 33.7 Å². The van der Waals surface area contributed by atoms with E-state index in [1.807, 2.05) is 18.2 Å². The van der Waals surface area contributed by atoms with Gasteiger partial charge in [-0.2, -0.15) is 5.10 Å². The van der Waals surface area contributed by atoms with Crippen molar-refractivity contribution in [3.05, 3.63) is 64.7 Å². The van der Waals surface area contributed by atoms with Crippen LogP contribution in [0.5, 0.6) is 0 Å². The van der Waals surface area contributed by atoms with Gasteiger partial charge in [0.05, 0.1) is 22.3 Å². The molecule has 0 aliphatic carbocycles. The molecule has 0 radical (unpaired) electrons. The Bertz CT molecular complexity index is 1220. The number of aromatic nitrogens is 5. The highest BCUT2D eigenvalue weighted by molar-refractivity contribution is 5.80. The molecule has 8 heteroatoms. The van der Waals surface area contributed by atoms with E-state index in [-0.39, 0.29) is 5.56 Å². The minimum Gasteiger partial charge on any atom is -0.338 e. The summed E-state index contributed by atoms with van der Waals surface area (Å²) in [5.74, 6) is 0.542. The van der Waals surface area contributed by atoms with Gasteiger partial charge in [-0.05, 0) is 42.9 Å². The van der Waals surface area contributed by atoms with E-state index in [0.29, 0.717) is 17.1 Å². The third-order valence-electron chi connectivity index (χ3n) is 5.58. The molecule has 0 unspecified atom stereocenters. The Labute approximate surface area is 173 Å². The summed E-state index contributed by atoms with van der Waals surface area (Å²) in [6.07, 6.45) is 3.40. The Balaban J connectivity index is 1.45. The fourth-order valence-electron chi connectivity index (χ4n) is 3.80. The van der Waals surface area contributed by atoms with Crippen LogP contribution in [0.15, 0.2) is 53.6 Å². The Morgan fingerprint density at radius 2 is 1.83 bits per heavy atom. The second-order valence-electron chi connectivity index (χ2n) is 7.75. The molecule has 0 saturated carbocycles. The van der Waals surface area contributed by atoms with Gasteiger partial charge in [0.25, 0.3) is 5.56 Å². The maximum absolute atomic E-state index is 12.4. The number of fused-ring (bicyclic) bond motifs is 1. The number of piperazine rings is 1. The average molecular weight is 401 g/mol. The summed E-state index contributed by atoms with van der Waals surface area (Å²) in [7, 11) is 2.16. The lowest BCUT2D eigenvalue weighted by molar-refractivity contribution is 0.148. The molecule has 4 aromatic rings. The van der Waals surface area contributed by atoms with Crippen LogP contribution in [-0.4, -0.2) is 68.2 Å². The third kappa shape index (κ3) is 3.74. The van der Waals surface area contributed by atoms with Crippen LogP contribution in [0.2, 0.25) is 0 Å². The summed E-state index contributed by atoms with van der Waals surface area (Å²) in [6, 6.07) is 11.7. The number of nitrogens with zero attached hydrogens (tertiary/aromatic N) is 5. The van der Waals surface area contributed by atoms with Gasteiger partial charge in [0, 0.05) is 50.7 Å². The number of imidazole rings is 1. The minimum absolute atomic E-state index is 0.274. The molecule has 30 heavy (non-hydrogen) atoms. The van der Waals surface area contributed by atoms with Crippen molar-refractivity contribution < 1.29 is 0 Å². The zero-order chi connectivity index (χ0) is 20.5. The highest BCUT2D eigenvalue weighted by Gasteiger charge is 2.15. The number of pyridine rings is 1. The highest BCUT2D eigenvalue weighted by atomic mass is 16.1. The minimum atomic E-state index is -0.274. The van der Waals surface area contributed by atoms with Crippen LogP contribution in [0.1, 0.15) is 5.56 Å². The number of likely N-dealkylation sites (N-methyl/N-ethyl adjacent to an activating group) is 1. The molecule has 1 fully saturated rings. The number of hydrogen-bond donors (Lipinski definition) is 2. The van der Waals surface area contributed by atoms with Gasteiger partial charge in [-0.1, -0.05) is 6.07 Å². The molecular formula is C22H23N7O. The van der Waals surface area contributed by atoms with E-state index in [0.717, 1.165) is 49.3 Å². The maximum atomic E-state index is 12.4. The second-order valence-corrected chi connectivity index (χ2v) is 7.75. The molecule has 1 aliphatic rings. The number of aromatic amines is 2. The predicted molar refractivity (Wildman–Crippen MR) is 116 cm³/mol. The Hall–Kier alpha value is -3.36. The molecule has 4 heterocycles. The van der Waals surface area contributed by atoms with Crippen molar-refractivity contribution in [3.8, 4) is 22.6 Å². The van der Waals surface area contributed by atoms with E-state index >= 15 is 0 Å². The molecular weight excluding hydrogens is 378 g/mol. The van der Waals surface area contributed by atoms with Crippen LogP contribution in [0.4, 0.5) is 0 Å². The maximum Gasteiger partial charge on any atom is 0.275 e. The molecule has 3 aromatic heterocycles. The summed E-state index contributed by atoms with van der Waals surface area (Å²) in [6.45, 7) is 5.27. The van der Waals surface area contributed by atoms with Crippen molar-refractivity contribution in [2.24, 2.45) is 0 Å². The molecule has 0 spiro atoms. The summed E-state index contributed by atoms with van der Waals surface area (Å²) < 4.78 is 0. The van der Waals surface area contributed by atoms with E-state index in [2.05, 4.69) is 54.1 Å². The molecule has 1 aliphatic heterocycles. The number of benzene rings is 1. The van der Waals surface area contributed by atoms with Gasteiger partial charge in [0.15, 0.2) is 0 Å². The summed E-state index contributed by atoms with van der Waals surface area (Å²) in [4.78, 5) is 29.2. The van der Waals surface area contributed by atoms with Crippen molar-refractivity contribution >= 4 is 11.0 Å². The molecule has 152 valence electrons. The fourth-order valence-corrected chi connectivity index (χ4v) is 3.80. The number of H-pyrrole nitrogens is 2. The van der Waals surface area contributed by atoms with Crippen LogP contribution >= 0.6 is 0 Å². The van der Waals surface area contributed by atoms with Crippen LogP contribution in [0.3, 0.4) is 0 Å². The molecule has 2 N–H and O–H groups in total. The van der Waals surface area contributed by atoms with Crippen molar-refractivity contribution in [2.45, 2.75) is 6.54 Å². The molecule has 8 nitrogen and oxygen atoms in total. The number of hydrogen-bond acceptors (Lipinski definition) is 6. The second kappa shape index (κ2) is 7.81. The summed E-state index contributed by atoms with van der Waals surface area (Å²) in [5.41, 5.74) is 4.75. The molecule has 0 amide bonds. The van der Waals surface area contributed by atoms with Crippen LogP contribution < -0.4 is 5.56 Å². The van der Waals surface area contributed by atoms with Gasteiger partial charge < -0.3 is 9.88 Å². The zero-order valence-electron chi connectivity index (χ0n) is 16.8. The van der Waals surface area contributed by atoms with Crippen molar-refractivity contribution in [1.29, 1.82) is 0 Å². The van der Waals surface area contributed by atoms with E-state index in [9.17, 15) is 4.79 Å². The largest absolute Gasteiger partial charge is 0.338 e. The van der Waals surface area contributed by atoms with Crippen LogP contribution in [0, 0.1) is 0 Å². The fraction of sp³-hybridized carbons (Fsp3) is 0.273. The Morgan fingerprint density at radius 1 is 1.03 bits per heavy atom. The van der Waals surface area contributed by atoms with E-state index in [1.54, 1.807) is 18.5 Å². The Morgan fingerprint density at radius 3 is 2.63 bits per heavy atom. The summed E-state index contributed by atoms with van der Waals surface area (Å²) >= 11 is 0. The van der Waals surface area contributed by atoms with Crippen LogP contribution in [-0.2, 0) is 6.54 Å². The first-order chi connectivity index (χ1) is 14.7. The first kappa shape index (κ1) is 18.7. The Kier molecular flexibility index (Phi) is 4.86. The molecule has 1 aromatic carbocycles. The smallest absolute Gasteiger partial charge is 0.275 e. The molecule has 5 rings (SSSR count). The standard InChI is InChI=1S/C22H23N7O/c1-28-8-10-29(11-9-28)14-15-2-3-18-20(12-15)25-21(24-18)17-13-19(26-27-22(17)30)16-4-6-23-7-5-16/h2-7,12-13H,8-11,14H2,1H3,(H,24,25)(H,27,30). The lowest BCUT2D eigenvalue weighted by Crippen LogP contribution is -2.43. The third-order valence-corrected chi connectivity index (χ3v) is 5.58. The summed E-state index contributed by atoms with van der Waals surface area (Å²) in [5, 5.41) is 6.74. The average Bonchev–Trinajstić information content (AvgIpc) is 3.19. The number of rotatable bonds is 4. The lowest BCUT2D eigenvalue weighted by atomic mass is 10.1.